The van der Waals surface area contributed by atoms with Gasteiger partial charge in [0.25, 0.3) is 5.91 Å². The number of ether oxygens (including phenoxy) is 2. The smallest absolute Gasteiger partial charge is 0.272 e. The van der Waals surface area contributed by atoms with E-state index < -0.39 is 0 Å². The SMILES string of the molecule is Cn1cc(CN2CCC(O)C2)c(C(=O)NCc2cccc3c2OCO3)n1. The molecule has 4 rings (SSSR count). The maximum atomic E-state index is 12.7. The van der Waals surface area contributed by atoms with E-state index in [1.54, 1.807) is 11.7 Å². The highest BCUT2D eigenvalue weighted by atomic mass is 16.7. The molecule has 0 radical (unpaired) electrons. The molecule has 8 nitrogen and oxygen atoms in total. The van der Waals surface area contributed by atoms with E-state index in [9.17, 15) is 9.90 Å². The second-order valence-corrected chi connectivity index (χ2v) is 6.69. The number of fused-ring (bicyclic) bond motifs is 1. The third kappa shape index (κ3) is 3.38. The summed E-state index contributed by atoms with van der Waals surface area (Å²) >= 11 is 0. The quantitative estimate of drug-likeness (QED) is 0.816. The average molecular weight is 358 g/mol. The van der Waals surface area contributed by atoms with Crippen molar-refractivity contribution in [2.75, 3.05) is 19.9 Å². The summed E-state index contributed by atoms with van der Waals surface area (Å²) < 4.78 is 12.5. The summed E-state index contributed by atoms with van der Waals surface area (Å²) in [5.74, 6) is 1.15. The Bertz CT molecular complexity index is 820. The molecule has 0 saturated carbocycles. The van der Waals surface area contributed by atoms with E-state index >= 15 is 0 Å². The molecule has 1 atom stereocenters. The molecule has 1 unspecified atom stereocenters. The summed E-state index contributed by atoms with van der Waals surface area (Å²) in [5, 5.41) is 16.9. The molecule has 1 saturated heterocycles. The van der Waals surface area contributed by atoms with E-state index in [-0.39, 0.29) is 18.8 Å². The summed E-state index contributed by atoms with van der Waals surface area (Å²) in [7, 11) is 1.80. The lowest BCUT2D eigenvalue weighted by atomic mass is 10.1. The van der Waals surface area contributed by atoms with E-state index in [4.69, 9.17) is 9.47 Å². The first-order chi connectivity index (χ1) is 12.6. The van der Waals surface area contributed by atoms with Gasteiger partial charge in [0, 0.05) is 50.6 Å². The standard InChI is InChI=1S/C18H22N4O4/c1-21-8-13(9-22-6-5-14(23)10-22)16(20-21)18(24)19-7-12-3-2-4-15-17(12)26-11-25-15/h2-4,8,14,23H,5-7,9-11H2,1H3,(H,19,24). The number of aromatic nitrogens is 2. The van der Waals surface area contributed by atoms with E-state index in [1.165, 1.54) is 0 Å². The van der Waals surface area contributed by atoms with Gasteiger partial charge in [-0.3, -0.25) is 14.4 Å². The van der Waals surface area contributed by atoms with Crippen LogP contribution in [0.25, 0.3) is 0 Å². The zero-order valence-corrected chi connectivity index (χ0v) is 14.6. The van der Waals surface area contributed by atoms with E-state index in [0.717, 1.165) is 24.1 Å². The number of aliphatic hydroxyl groups is 1. The van der Waals surface area contributed by atoms with Crippen LogP contribution in [-0.4, -0.2) is 51.7 Å². The maximum absolute atomic E-state index is 12.7. The van der Waals surface area contributed by atoms with Gasteiger partial charge in [0.2, 0.25) is 6.79 Å². The first-order valence-corrected chi connectivity index (χ1v) is 8.69. The van der Waals surface area contributed by atoms with Gasteiger partial charge in [-0.2, -0.15) is 5.10 Å². The Labute approximate surface area is 151 Å². The van der Waals surface area contributed by atoms with Crippen LogP contribution >= 0.6 is 0 Å². The molecule has 0 bridgehead atoms. The molecular formula is C18H22N4O4. The number of nitrogens with one attached hydrogen (secondary N) is 1. The number of benzene rings is 1. The van der Waals surface area contributed by atoms with Gasteiger partial charge in [-0.25, -0.2) is 0 Å². The maximum Gasteiger partial charge on any atom is 0.272 e. The minimum Gasteiger partial charge on any atom is -0.454 e. The molecule has 2 N–H and O–H groups in total. The lowest BCUT2D eigenvalue weighted by Gasteiger charge is -2.14. The minimum absolute atomic E-state index is 0.201. The summed E-state index contributed by atoms with van der Waals surface area (Å²) in [6, 6.07) is 5.62. The molecule has 1 fully saturated rings. The molecule has 2 aliphatic heterocycles. The monoisotopic (exact) mass is 358 g/mol. The predicted octanol–water partition coefficient (Wildman–Crippen LogP) is 0.645. The first-order valence-electron chi connectivity index (χ1n) is 8.69. The fraction of sp³-hybridized carbons (Fsp3) is 0.444. The number of likely N-dealkylation sites (tertiary alicyclic amines) is 1. The van der Waals surface area contributed by atoms with Crippen molar-refractivity contribution in [2.45, 2.75) is 25.6 Å². The van der Waals surface area contributed by atoms with Gasteiger partial charge in [-0.1, -0.05) is 12.1 Å². The largest absolute Gasteiger partial charge is 0.454 e. The van der Waals surface area contributed by atoms with Gasteiger partial charge in [0.05, 0.1) is 6.10 Å². The second-order valence-electron chi connectivity index (χ2n) is 6.69. The number of rotatable bonds is 5. The van der Waals surface area contributed by atoms with Gasteiger partial charge in [-0.15, -0.1) is 0 Å². The topological polar surface area (TPSA) is 88.9 Å². The molecule has 8 heteroatoms. The van der Waals surface area contributed by atoms with Crippen molar-refractivity contribution in [2.24, 2.45) is 7.05 Å². The molecule has 0 aliphatic carbocycles. The zero-order chi connectivity index (χ0) is 18.1. The van der Waals surface area contributed by atoms with Gasteiger partial charge in [-0.05, 0) is 12.5 Å². The normalized spacial score (nSPS) is 19.1. The van der Waals surface area contributed by atoms with Crippen LogP contribution in [0.4, 0.5) is 0 Å². The predicted molar refractivity (Wildman–Crippen MR) is 92.8 cm³/mol. The number of hydrogen-bond donors (Lipinski definition) is 2. The van der Waals surface area contributed by atoms with Crippen molar-refractivity contribution in [3.05, 3.63) is 41.2 Å². The van der Waals surface area contributed by atoms with Crippen molar-refractivity contribution in [3.8, 4) is 11.5 Å². The number of para-hydroxylation sites is 1. The Balaban J connectivity index is 1.44. The Morgan fingerprint density at radius 3 is 3.08 bits per heavy atom. The highest BCUT2D eigenvalue weighted by Crippen LogP contribution is 2.35. The fourth-order valence-corrected chi connectivity index (χ4v) is 3.43. The summed E-state index contributed by atoms with van der Waals surface area (Å²) in [5.41, 5.74) is 2.14. The molecule has 2 aliphatic rings. The Kier molecular flexibility index (Phi) is 4.52. The van der Waals surface area contributed by atoms with Crippen LogP contribution in [-0.2, 0) is 20.1 Å². The van der Waals surface area contributed by atoms with E-state index in [1.807, 2.05) is 24.4 Å². The van der Waals surface area contributed by atoms with Crippen LogP contribution in [0.3, 0.4) is 0 Å². The summed E-state index contributed by atoms with van der Waals surface area (Å²) in [6.07, 6.45) is 2.34. The van der Waals surface area contributed by atoms with Gasteiger partial charge >= 0.3 is 0 Å². The highest BCUT2D eigenvalue weighted by Gasteiger charge is 2.24. The van der Waals surface area contributed by atoms with Crippen LogP contribution in [0, 0.1) is 0 Å². The summed E-state index contributed by atoms with van der Waals surface area (Å²) in [6.45, 7) is 2.59. The molecule has 138 valence electrons. The van der Waals surface area contributed by atoms with Gasteiger partial charge in [0.1, 0.15) is 0 Å². The third-order valence-corrected chi connectivity index (χ3v) is 4.68. The van der Waals surface area contributed by atoms with Gasteiger partial charge < -0.3 is 19.9 Å². The lowest BCUT2D eigenvalue weighted by molar-refractivity contribution is 0.0943. The van der Waals surface area contributed by atoms with Crippen molar-refractivity contribution in [3.63, 3.8) is 0 Å². The number of aliphatic hydroxyl groups excluding tert-OH is 1. The number of aryl methyl sites for hydroxylation is 1. The molecule has 1 aromatic heterocycles. The average Bonchev–Trinajstić information content (AvgIpc) is 3.33. The molecule has 1 aromatic carbocycles. The molecule has 0 spiro atoms. The van der Waals surface area contributed by atoms with Crippen LogP contribution in [0.1, 0.15) is 28.0 Å². The Morgan fingerprint density at radius 1 is 1.38 bits per heavy atom. The molecule has 26 heavy (non-hydrogen) atoms. The van der Waals surface area contributed by atoms with Crippen molar-refractivity contribution < 1.29 is 19.4 Å². The molecule has 2 aromatic rings. The first kappa shape index (κ1) is 16.9. The van der Waals surface area contributed by atoms with Crippen LogP contribution in [0.5, 0.6) is 11.5 Å². The van der Waals surface area contributed by atoms with Crippen molar-refractivity contribution >= 4 is 5.91 Å². The van der Waals surface area contributed by atoms with E-state index in [0.29, 0.717) is 36.8 Å². The van der Waals surface area contributed by atoms with Crippen LogP contribution in [0.2, 0.25) is 0 Å². The number of amides is 1. The number of carbonyl (C=O) groups is 1. The lowest BCUT2D eigenvalue weighted by Crippen LogP contribution is -2.27. The molecule has 1 amide bonds. The third-order valence-electron chi connectivity index (χ3n) is 4.68. The highest BCUT2D eigenvalue weighted by molar-refractivity contribution is 5.93. The number of nitrogens with zero attached hydrogens (tertiary/aromatic N) is 3. The van der Waals surface area contributed by atoms with Crippen LogP contribution in [0.15, 0.2) is 24.4 Å². The molecule has 3 heterocycles. The minimum atomic E-state index is -0.286. The number of β-amino-alcohol motifs (C(OH)–C–C–N with tert-alkyl or cyclic N) is 1. The van der Waals surface area contributed by atoms with Gasteiger partial charge in [0.15, 0.2) is 17.2 Å². The summed E-state index contributed by atoms with van der Waals surface area (Å²) in [4.78, 5) is 14.8. The molecular weight excluding hydrogens is 336 g/mol. The number of hydrogen-bond acceptors (Lipinski definition) is 6. The fourth-order valence-electron chi connectivity index (χ4n) is 3.43. The Hall–Kier alpha value is -2.58. The second kappa shape index (κ2) is 6.97. The number of carbonyl (C=O) groups excluding carboxylic acids is 1. The Morgan fingerprint density at radius 2 is 2.27 bits per heavy atom. The zero-order valence-electron chi connectivity index (χ0n) is 14.6. The van der Waals surface area contributed by atoms with Crippen molar-refractivity contribution in [1.82, 2.24) is 20.0 Å². The van der Waals surface area contributed by atoms with E-state index in [2.05, 4.69) is 15.3 Å². The van der Waals surface area contributed by atoms with Crippen LogP contribution < -0.4 is 14.8 Å². The van der Waals surface area contributed by atoms with Crippen molar-refractivity contribution in [1.29, 1.82) is 0 Å².